The predicted octanol–water partition coefficient (Wildman–Crippen LogP) is 4.44. The van der Waals surface area contributed by atoms with Gasteiger partial charge >= 0.3 is 12.1 Å². The highest BCUT2D eigenvalue weighted by Crippen LogP contribution is 2.40. The SMILES string of the molecule is C[C@@H]1N(C(=O)OCOC(=O)c2cc(S(N)(=O)=O)c(Cl)cc2NCc2ccco2)C(C)(C)CO[C@@]1(O)c1cccc(Cl)c1. The summed E-state index contributed by atoms with van der Waals surface area (Å²) in [5.41, 5.74) is -0.698. The van der Waals surface area contributed by atoms with Crippen LogP contribution in [0.4, 0.5) is 10.5 Å². The summed E-state index contributed by atoms with van der Waals surface area (Å²) < 4.78 is 45.5. The average molecular weight is 643 g/mol. The lowest BCUT2D eigenvalue weighted by Crippen LogP contribution is -2.66. The first-order chi connectivity index (χ1) is 19.6. The number of halogens is 2. The zero-order chi connectivity index (χ0) is 30.9. The van der Waals surface area contributed by atoms with Crippen LogP contribution in [0.15, 0.2) is 64.1 Å². The number of sulfonamides is 1. The number of morpholine rings is 1. The monoisotopic (exact) mass is 641 g/mol. The van der Waals surface area contributed by atoms with E-state index in [1.54, 1.807) is 51.1 Å². The van der Waals surface area contributed by atoms with Crippen molar-refractivity contribution in [3.63, 3.8) is 0 Å². The normalized spacial score (nSPS) is 20.2. The first-order valence-corrected chi connectivity index (χ1v) is 14.8. The lowest BCUT2D eigenvalue weighted by atomic mass is 9.90. The molecule has 2 heterocycles. The predicted molar refractivity (Wildman–Crippen MR) is 152 cm³/mol. The zero-order valence-corrected chi connectivity index (χ0v) is 25.1. The molecule has 226 valence electrons. The number of nitrogens with one attached hydrogen (secondary N) is 1. The Morgan fingerprint density at radius 2 is 1.90 bits per heavy atom. The molecule has 2 aromatic carbocycles. The number of primary sulfonamides is 1. The fraction of sp³-hybridized carbons (Fsp3) is 0.333. The molecule has 0 aliphatic carbocycles. The molecule has 1 aliphatic rings. The smallest absolute Gasteiger partial charge is 0.413 e. The molecule has 1 saturated heterocycles. The molecule has 0 unspecified atom stereocenters. The average Bonchev–Trinajstić information content (AvgIpc) is 3.43. The molecule has 0 saturated carbocycles. The van der Waals surface area contributed by atoms with Gasteiger partial charge in [0.2, 0.25) is 22.6 Å². The molecule has 4 rings (SSSR count). The molecule has 0 spiro atoms. The van der Waals surface area contributed by atoms with E-state index < -0.39 is 51.1 Å². The van der Waals surface area contributed by atoms with E-state index in [2.05, 4.69) is 5.32 Å². The summed E-state index contributed by atoms with van der Waals surface area (Å²) in [7, 11) is -4.29. The molecule has 2 atom stereocenters. The topological polar surface area (TPSA) is 171 Å². The molecule has 1 aliphatic heterocycles. The van der Waals surface area contributed by atoms with Gasteiger partial charge in [-0.3, -0.25) is 4.90 Å². The van der Waals surface area contributed by atoms with Crippen molar-refractivity contribution in [1.82, 2.24) is 4.90 Å². The highest BCUT2D eigenvalue weighted by molar-refractivity contribution is 7.89. The van der Waals surface area contributed by atoms with E-state index in [9.17, 15) is 23.1 Å². The van der Waals surface area contributed by atoms with Crippen LogP contribution in [-0.2, 0) is 36.6 Å². The number of nitrogens with zero attached hydrogens (tertiary/aromatic N) is 1. The van der Waals surface area contributed by atoms with Crippen LogP contribution in [0.3, 0.4) is 0 Å². The number of ether oxygens (including phenoxy) is 3. The van der Waals surface area contributed by atoms with Crippen molar-refractivity contribution in [3.8, 4) is 0 Å². The second kappa shape index (κ2) is 12.1. The Morgan fingerprint density at radius 1 is 1.17 bits per heavy atom. The number of carbonyl (C=O) groups is 2. The third-order valence-corrected chi connectivity index (χ3v) is 8.30. The summed E-state index contributed by atoms with van der Waals surface area (Å²) in [6.45, 7) is 4.25. The highest BCUT2D eigenvalue weighted by Gasteiger charge is 2.53. The van der Waals surface area contributed by atoms with Crippen LogP contribution >= 0.6 is 23.2 Å². The van der Waals surface area contributed by atoms with Gasteiger partial charge in [-0.15, -0.1) is 0 Å². The first-order valence-electron chi connectivity index (χ1n) is 12.5. The van der Waals surface area contributed by atoms with Crippen LogP contribution in [0.2, 0.25) is 10.0 Å². The Labute approximate surface area is 252 Å². The maximum absolute atomic E-state index is 13.2. The van der Waals surface area contributed by atoms with Gasteiger partial charge in [-0.25, -0.2) is 23.1 Å². The van der Waals surface area contributed by atoms with Crippen LogP contribution in [0, 0.1) is 0 Å². The van der Waals surface area contributed by atoms with Gasteiger partial charge in [-0.1, -0.05) is 35.3 Å². The molecule has 0 bridgehead atoms. The third kappa shape index (κ3) is 6.66. The molecule has 0 radical (unpaired) electrons. The number of nitrogens with two attached hydrogens (primary N) is 1. The van der Waals surface area contributed by atoms with Gasteiger partial charge < -0.3 is 29.1 Å². The van der Waals surface area contributed by atoms with Crippen molar-refractivity contribution < 1.29 is 41.7 Å². The molecule has 42 heavy (non-hydrogen) atoms. The summed E-state index contributed by atoms with van der Waals surface area (Å²) in [6.07, 6.45) is 0.561. The van der Waals surface area contributed by atoms with Gasteiger partial charge in [0.05, 0.1) is 47.3 Å². The van der Waals surface area contributed by atoms with Crippen molar-refractivity contribution in [2.24, 2.45) is 5.14 Å². The van der Waals surface area contributed by atoms with E-state index in [1.807, 2.05) is 0 Å². The van der Waals surface area contributed by atoms with Gasteiger partial charge in [0.1, 0.15) is 10.7 Å². The Morgan fingerprint density at radius 3 is 2.55 bits per heavy atom. The van der Waals surface area contributed by atoms with Crippen LogP contribution in [0.1, 0.15) is 42.5 Å². The van der Waals surface area contributed by atoms with Crippen molar-refractivity contribution in [1.29, 1.82) is 0 Å². The number of anilines is 1. The van der Waals surface area contributed by atoms with Crippen LogP contribution in [0.25, 0.3) is 0 Å². The number of hydrogen-bond acceptors (Lipinski definition) is 10. The fourth-order valence-electron chi connectivity index (χ4n) is 4.58. The number of carbonyl (C=O) groups excluding carboxylic acids is 2. The molecule has 12 nitrogen and oxygen atoms in total. The standard InChI is InChI=1S/C27H29Cl2N3O9S/c1-16-27(35,17-6-4-7-18(28)10-17)41-14-26(2,3)32(16)25(34)40-15-39-24(33)20-11-23(42(30,36)37)21(29)12-22(20)31-13-19-8-5-9-38-19/h4-12,16,31,35H,13-15H2,1-3H3,(H2,30,36,37)/t16-,27+/m0/s1. The molecular formula is C27H29Cl2N3O9S. The molecule has 1 fully saturated rings. The Balaban J connectivity index is 1.50. The van der Waals surface area contributed by atoms with Crippen molar-refractivity contribution in [2.75, 3.05) is 18.7 Å². The van der Waals surface area contributed by atoms with Gasteiger partial charge in [0, 0.05) is 10.6 Å². The summed E-state index contributed by atoms with van der Waals surface area (Å²) >= 11 is 12.2. The number of aliphatic hydroxyl groups is 1. The van der Waals surface area contributed by atoms with Crippen LogP contribution in [0.5, 0.6) is 0 Å². The zero-order valence-electron chi connectivity index (χ0n) is 22.8. The second-order valence-corrected chi connectivity index (χ2v) is 12.5. The van der Waals surface area contributed by atoms with Gasteiger partial charge in [0.15, 0.2) is 0 Å². The Kier molecular flexibility index (Phi) is 9.11. The maximum atomic E-state index is 13.2. The highest BCUT2D eigenvalue weighted by atomic mass is 35.5. The minimum atomic E-state index is -4.29. The van der Waals surface area contributed by atoms with Crippen molar-refractivity contribution in [2.45, 2.75) is 49.6 Å². The molecule has 1 aromatic heterocycles. The van der Waals surface area contributed by atoms with E-state index in [0.29, 0.717) is 16.3 Å². The number of hydrogen-bond donors (Lipinski definition) is 3. The number of amides is 1. The van der Waals surface area contributed by atoms with E-state index in [-0.39, 0.29) is 29.4 Å². The van der Waals surface area contributed by atoms with Gasteiger partial charge in [-0.2, -0.15) is 0 Å². The molecule has 3 aromatic rings. The first kappa shape index (κ1) is 31.6. The van der Waals surface area contributed by atoms with E-state index >= 15 is 0 Å². The van der Waals surface area contributed by atoms with Gasteiger partial charge in [-0.05, 0) is 57.2 Å². The number of benzene rings is 2. The van der Waals surface area contributed by atoms with Crippen molar-refractivity contribution in [3.05, 3.63) is 81.7 Å². The van der Waals surface area contributed by atoms with Crippen LogP contribution < -0.4 is 10.5 Å². The minimum Gasteiger partial charge on any atom is -0.467 e. The summed E-state index contributed by atoms with van der Waals surface area (Å²) in [5.74, 6) is -2.41. The largest absolute Gasteiger partial charge is 0.467 e. The number of rotatable bonds is 8. The summed E-state index contributed by atoms with van der Waals surface area (Å²) in [5, 5.41) is 19.7. The van der Waals surface area contributed by atoms with Crippen molar-refractivity contribution >= 4 is 51.0 Å². The number of furan rings is 1. The maximum Gasteiger partial charge on any atom is 0.413 e. The van der Waals surface area contributed by atoms with E-state index in [4.69, 9.17) is 47.0 Å². The summed E-state index contributed by atoms with van der Waals surface area (Å²) in [4.78, 5) is 27.1. The minimum absolute atomic E-state index is 0.0545. The fourth-order valence-corrected chi connectivity index (χ4v) is 5.87. The lowest BCUT2D eigenvalue weighted by Gasteiger charge is -2.52. The van der Waals surface area contributed by atoms with E-state index in [0.717, 1.165) is 6.07 Å². The Bertz CT molecular complexity index is 1580. The van der Waals surface area contributed by atoms with Crippen LogP contribution in [-0.4, -0.2) is 55.5 Å². The van der Waals surface area contributed by atoms with E-state index in [1.165, 1.54) is 23.3 Å². The second-order valence-electron chi connectivity index (χ2n) is 10.1. The number of esters is 1. The molecule has 15 heteroatoms. The quantitative estimate of drug-likeness (QED) is 0.236. The lowest BCUT2D eigenvalue weighted by molar-refractivity contribution is -0.295. The van der Waals surface area contributed by atoms with Gasteiger partial charge in [0.25, 0.3) is 0 Å². The Hall–Kier alpha value is -3.33. The molecular weight excluding hydrogens is 613 g/mol. The summed E-state index contributed by atoms with van der Waals surface area (Å²) in [6, 6.07) is 11.0. The molecule has 1 amide bonds. The third-order valence-electron chi connectivity index (χ3n) is 6.69. The molecule has 4 N–H and O–H groups in total.